The quantitative estimate of drug-likeness (QED) is 0.702. The minimum absolute atomic E-state index is 0.0649. The molecule has 6 heteroatoms. The van der Waals surface area contributed by atoms with Gasteiger partial charge >= 0.3 is 0 Å². The molecule has 1 aliphatic rings. The topological polar surface area (TPSA) is 56.7 Å². The number of piperazine rings is 1. The van der Waals surface area contributed by atoms with Crippen LogP contribution in [0.15, 0.2) is 60.0 Å². The second kappa shape index (κ2) is 8.86. The van der Waals surface area contributed by atoms with Gasteiger partial charge in [-0.05, 0) is 24.6 Å². The van der Waals surface area contributed by atoms with Crippen LogP contribution in [0.1, 0.15) is 27.7 Å². The molecule has 3 aromatic rings. The van der Waals surface area contributed by atoms with E-state index < -0.39 is 6.10 Å². The summed E-state index contributed by atoms with van der Waals surface area (Å²) in [7, 11) is 0. The molecule has 0 saturated carbocycles. The zero-order chi connectivity index (χ0) is 20.2. The Labute approximate surface area is 175 Å². The van der Waals surface area contributed by atoms with Gasteiger partial charge < -0.3 is 10.0 Å². The zero-order valence-electron chi connectivity index (χ0n) is 16.5. The van der Waals surface area contributed by atoms with E-state index in [1.54, 1.807) is 11.3 Å². The van der Waals surface area contributed by atoms with Crippen molar-refractivity contribution >= 4 is 17.2 Å². The standard InChI is InChI=1S/C23H25N3O2S/c1-17-16-29-22(24-17)19-7-9-20(10-8-19)23(28)26-13-11-25(12-14-26)15-21(27)18-5-3-2-4-6-18/h2-10,16,21,27H,11-15H2,1H3. The average molecular weight is 408 g/mol. The molecule has 1 fully saturated rings. The molecule has 2 aromatic carbocycles. The van der Waals surface area contributed by atoms with Crippen molar-refractivity contribution in [1.82, 2.24) is 14.8 Å². The molecule has 4 rings (SSSR count). The average Bonchev–Trinajstić information content (AvgIpc) is 3.21. The Kier molecular flexibility index (Phi) is 6.04. The first-order valence-electron chi connectivity index (χ1n) is 9.87. The van der Waals surface area contributed by atoms with Crippen LogP contribution in [0.4, 0.5) is 0 Å². The summed E-state index contributed by atoms with van der Waals surface area (Å²) in [4.78, 5) is 21.5. The SMILES string of the molecule is Cc1csc(-c2ccc(C(=O)N3CCN(CC(O)c4ccccc4)CC3)cc2)n1. The Hall–Kier alpha value is -2.54. The summed E-state index contributed by atoms with van der Waals surface area (Å²) < 4.78 is 0. The fourth-order valence-electron chi connectivity index (χ4n) is 3.58. The first-order valence-corrected chi connectivity index (χ1v) is 10.8. The third-order valence-electron chi connectivity index (χ3n) is 5.27. The number of β-amino-alcohol motifs (C(OH)–C–C–N with tert-alkyl or cyclic N) is 1. The highest BCUT2D eigenvalue weighted by Crippen LogP contribution is 2.24. The predicted molar refractivity (Wildman–Crippen MR) is 116 cm³/mol. The van der Waals surface area contributed by atoms with Crippen molar-refractivity contribution in [2.75, 3.05) is 32.7 Å². The van der Waals surface area contributed by atoms with Crippen LogP contribution in [0.3, 0.4) is 0 Å². The molecule has 1 atom stereocenters. The lowest BCUT2D eigenvalue weighted by Gasteiger charge is -2.35. The highest BCUT2D eigenvalue weighted by atomic mass is 32.1. The number of carbonyl (C=O) groups excluding carboxylic acids is 1. The number of hydrogen-bond donors (Lipinski definition) is 1. The molecule has 0 spiro atoms. The number of aromatic nitrogens is 1. The summed E-state index contributed by atoms with van der Waals surface area (Å²) in [5.74, 6) is 0.0649. The minimum Gasteiger partial charge on any atom is -0.387 e. The summed E-state index contributed by atoms with van der Waals surface area (Å²) in [6.45, 7) is 5.46. The Morgan fingerprint density at radius 3 is 2.38 bits per heavy atom. The summed E-state index contributed by atoms with van der Waals surface area (Å²) in [6, 6.07) is 17.4. The van der Waals surface area contributed by atoms with Gasteiger partial charge in [-0.25, -0.2) is 4.98 Å². The lowest BCUT2D eigenvalue weighted by molar-refractivity contribution is 0.0527. The molecule has 5 nitrogen and oxygen atoms in total. The molecule has 0 bridgehead atoms. The molecule has 0 radical (unpaired) electrons. The molecule has 1 aliphatic heterocycles. The van der Waals surface area contributed by atoms with E-state index in [9.17, 15) is 9.90 Å². The van der Waals surface area contributed by atoms with E-state index in [2.05, 4.69) is 9.88 Å². The largest absolute Gasteiger partial charge is 0.387 e. The van der Waals surface area contributed by atoms with Gasteiger partial charge in [0.05, 0.1) is 6.10 Å². The van der Waals surface area contributed by atoms with Crippen LogP contribution in [0.5, 0.6) is 0 Å². The molecule has 1 N–H and O–H groups in total. The Morgan fingerprint density at radius 2 is 1.76 bits per heavy atom. The maximum Gasteiger partial charge on any atom is 0.253 e. The van der Waals surface area contributed by atoms with Crippen molar-refractivity contribution in [1.29, 1.82) is 0 Å². The van der Waals surface area contributed by atoms with Gasteiger partial charge in [0.2, 0.25) is 0 Å². The highest BCUT2D eigenvalue weighted by molar-refractivity contribution is 7.13. The van der Waals surface area contributed by atoms with Gasteiger partial charge in [0.25, 0.3) is 5.91 Å². The maximum absolute atomic E-state index is 12.8. The van der Waals surface area contributed by atoms with Crippen molar-refractivity contribution in [2.45, 2.75) is 13.0 Å². The normalized spacial score (nSPS) is 16.0. The summed E-state index contributed by atoms with van der Waals surface area (Å²) >= 11 is 1.62. The predicted octanol–water partition coefficient (Wildman–Crippen LogP) is 3.61. The van der Waals surface area contributed by atoms with Crippen molar-refractivity contribution in [3.05, 3.63) is 76.8 Å². The number of benzene rings is 2. The third kappa shape index (κ3) is 4.72. The van der Waals surface area contributed by atoms with Crippen LogP contribution in [0, 0.1) is 6.92 Å². The molecular weight excluding hydrogens is 382 g/mol. The molecular formula is C23H25N3O2S. The van der Waals surface area contributed by atoms with E-state index in [1.165, 1.54) is 0 Å². The summed E-state index contributed by atoms with van der Waals surface area (Å²) in [6.07, 6.45) is -0.500. The first kappa shape index (κ1) is 19.8. The number of thiazole rings is 1. The van der Waals surface area contributed by atoms with Gasteiger partial charge in [-0.3, -0.25) is 9.69 Å². The number of carbonyl (C=O) groups is 1. The van der Waals surface area contributed by atoms with Gasteiger partial charge in [-0.1, -0.05) is 42.5 Å². The Balaban J connectivity index is 1.32. The molecule has 1 aromatic heterocycles. The lowest BCUT2D eigenvalue weighted by atomic mass is 10.1. The van der Waals surface area contributed by atoms with Crippen LogP contribution in [-0.2, 0) is 0 Å². The van der Waals surface area contributed by atoms with Crippen molar-refractivity contribution < 1.29 is 9.90 Å². The van der Waals surface area contributed by atoms with Crippen LogP contribution in [0.25, 0.3) is 10.6 Å². The number of aliphatic hydroxyl groups excluding tert-OH is 1. The van der Waals surface area contributed by atoms with Crippen LogP contribution in [0.2, 0.25) is 0 Å². The van der Waals surface area contributed by atoms with Gasteiger partial charge in [-0.15, -0.1) is 11.3 Å². The van der Waals surface area contributed by atoms with Crippen molar-refractivity contribution in [3.63, 3.8) is 0 Å². The molecule has 150 valence electrons. The van der Waals surface area contributed by atoms with E-state index in [4.69, 9.17) is 0 Å². The van der Waals surface area contributed by atoms with E-state index in [0.717, 1.165) is 34.9 Å². The fraction of sp³-hybridized carbons (Fsp3) is 0.304. The van der Waals surface area contributed by atoms with Gasteiger partial charge in [-0.2, -0.15) is 0 Å². The fourth-order valence-corrected chi connectivity index (χ4v) is 4.39. The second-order valence-corrected chi connectivity index (χ2v) is 8.25. The third-order valence-corrected chi connectivity index (χ3v) is 6.28. The van der Waals surface area contributed by atoms with Gasteiger partial charge in [0.1, 0.15) is 5.01 Å². The molecule has 2 heterocycles. The maximum atomic E-state index is 12.8. The van der Waals surface area contributed by atoms with Crippen LogP contribution < -0.4 is 0 Å². The number of rotatable bonds is 5. The van der Waals surface area contributed by atoms with Gasteiger partial charge in [0, 0.05) is 54.9 Å². The highest BCUT2D eigenvalue weighted by Gasteiger charge is 2.23. The molecule has 29 heavy (non-hydrogen) atoms. The molecule has 1 amide bonds. The number of hydrogen-bond acceptors (Lipinski definition) is 5. The van der Waals surface area contributed by atoms with Gasteiger partial charge in [0.15, 0.2) is 0 Å². The Morgan fingerprint density at radius 1 is 1.07 bits per heavy atom. The monoisotopic (exact) mass is 407 g/mol. The second-order valence-electron chi connectivity index (χ2n) is 7.39. The van der Waals surface area contributed by atoms with E-state index >= 15 is 0 Å². The molecule has 1 saturated heterocycles. The minimum atomic E-state index is -0.500. The van der Waals surface area contributed by atoms with Crippen molar-refractivity contribution in [2.24, 2.45) is 0 Å². The van der Waals surface area contributed by atoms with Crippen LogP contribution in [-0.4, -0.2) is 58.5 Å². The number of amides is 1. The summed E-state index contributed by atoms with van der Waals surface area (Å²) in [5.41, 5.74) is 3.70. The first-order chi connectivity index (χ1) is 14.1. The van der Waals surface area contributed by atoms with E-state index in [1.807, 2.05) is 71.8 Å². The summed E-state index contributed by atoms with van der Waals surface area (Å²) in [5, 5.41) is 13.4. The van der Waals surface area contributed by atoms with E-state index in [0.29, 0.717) is 25.2 Å². The number of nitrogens with zero attached hydrogens (tertiary/aromatic N) is 3. The smallest absolute Gasteiger partial charge is 0.253 e. The molecule has 1 unspecified atom stereocenters. The zero-order valence-corrected chi connectivity index (χ0v) is 17.3. The molecule has 0 aliphatic carbocycles. The number of aliphatic hydroxyl groups is 1. The lowest BCUT2D eigenvalue weighted by Crippen LogP contribution is -2.49. The van der Waals surface area contributed by atoms with Crippen molar-refractivity contribution in [3.8, 4) is 10.6 Å². The number of aryl methyl sites for hydroxylation is 1. The Bertz CT molecular complexity index is 948. The van der Waals surface area contributed by atoms with Crippen LogP contribution >= 0.6 is 11.3 Å². The van der Waals surface area contributed by atoms with E-state index in [-0.39, 0.29) is 5.91 Å².